The van der Waals surface area contributed by atoms with Crippen LogP contribution >= 0.6 is 0 Å². The van der Waals surface area contributed by atoms with Gasteiger partial charge in [0.2, 0.25) is 0 Å². The summed E-state index contributed by atoms with van der Waals surface area (Å²) in [6.45, 7) is 10.4. The molecule has 1 fully saturated rings. The SMILES string of the molecule is CCOc1ccc(OCCN2CC(C)OCC2C)cc1. The van der Waals surface area contributed by atoms with Gasteiger partial charge in [0, 0.05) is 19.1 Å². The molecule has 4 nitrogen and oxygen atoms in total. The predicted molar refractivity (Wildman–Crippen MR) is 79.6 cm³/mol. The second-order valence-corrected chi connectivity index (χ2v) is 5.24. The van der Waals surface area contributed by atoms with Crippen molar-refractivity contribution in [1.82, 2.24) is 4.90 Å². The molecule has 4 heteroatoms. The second kappa shape index (κ2) is 7.50. The quantitative estimate of drug-likeness (QED) is 0.801. The Bertz CT molecular complexity index is 393. The minimum absolute atomic E-state index is 0.316. The molecule has 1 aromatic carbocycles. The van der Waals surface area contributed by atoms with Crippen LogP contribution in [-0.4, -0.2) is 50.0 Å². The van der Waals surface area contributed by atoms with Crippen LogP contribution in [0, 0.1) is 0 Å². The number of morpholine rings is 1. The Morgan fingerprint density at radius 2 is 1.80 bits per heavy atom. The van der Waals surface area contributed by atoms with Crippen molar-refractivity contribution in [1.29, 1.82) is 0 Å². The first kappa shape index (κ1) is 15.1. The lowest BCUT2D eigenvalue weighted by Gasteiger charge is -2.36. The summed E-state index contributed by atoms with van der Waals surface area (Å²) in [6.07, 6.45) is 0.316. The third-order valence-electron chi connectivity index (χ3n) is 3.52. The van der Waals surface area contributed by atoms with Gasteiger partial charge in [-0.1, -0.05) is 0 Å². The van der Waals surface area contributed by atoms with Gasteiger partial charge >= 0.3 is 0 Å². The van der Waals surface area contributed by atoms with Gasteiger partial charge in [0.1, 0.15) is 18.1 Å². The Labute approximate surface area is 121 Å². The average Bonchev–Trinajstić information content (AvgIpc) is 2.45. The third-order valence-corrected chi connectivity index (χ3v) is 3.52. The van der Waals surface area contributed by atoms with Crippen molar-refractivity contribution in [3.8, 4) is 11.5 Å². The van der Waals surface area contributed by atoms with Crippen molar-refractivity contribution < 1.29 is 14.2 Å². The fraction of sp³-hybridized carbons (Fsp3) is 0.625. The molecule has 0 aromatic heterocycles. The van der Waals surface area contributed by atoms with Crippen LogP contribution in [0.3, 0.4) is 0 Å². The first-order valence-electron chi connectivity index (χ1n) is 7.40. The van der Waals surface area contributed by atoms with Crippen LogP contribution in [-0.2, 0) is 4.74 Å². The van der Waals surface area contributed by atoms with Gasteiger partial charge in [0.15, 0.2) is 0 Å². The van der Waals surface area contributed by atoms with Crippen LogP contribution in [0.5, 0.6) is 11.5 Å². The highest BCUT2D eigenvalue weighted by atomic mass is 16.5. The molecular weight excluding hydrogens is 254 g/mol. The molecule has 1 aliphatic heterocycles. The van der Waals surface area contributed by atoms with Crippen LogP contribution in [0.15, 0.2) is 24.3 Å². The monoisotopic (exact) mass is 279 g/mol. The van der Waals surface area contributed by atoms with Crippen molar-refractivity contribution in [2.45, 2.75) is 32.9 Å². The molecule has 2 unspecified atom stereocenters. The first-order chi connectivity index (χ1) is 9.69. The number of hydrogen-bond acceptors (Lipinski definition) is 4. The Kier molecular flexibility index (Phi) is 5.68. The van der Waals surface area contributed by atoms with Gasteiger partial charge in [-0.25, -0.2) is 0 Å². The maximum Gasteiger partial charge on any atom is 0.119 e. The summed E-state index contributed by atoms with van der Waals surface area (Å²) in [5, 5.41) is 0. The normalized spacial score (nSPS) is 23.6. The maximum absolute atomic E-state index is 5.79. The predicted octanol–water partition coefficient (Wildman–Crippen LogP) is 2.57. The molecule has 1 aromatic rings. The molecule has 0 saturated carbocycles. The largest absolute Gasteiger partial charge is 0.494 e. The van der Waals surface area contributed by atoms with E-state index in [1.165, 1.54) is 0 Å². The standard InChI is InChI=1S/C16H25NO3/c1-4-18-15-5-7-16(8-6-15)19-10-9-17-11-14(3)20-12-13(17)2/h5-8,13-14H,4,9-12H2,1-3H3. The highest BCUT2D eigenvalue weighted by molar-refractivity contribution is 5.31. The highest BCUT2D eigenvalue weighted by Crippen LogP contribution is 2.18. The summed E-state index contributed by atoms with van der Waals surface area (Å²) in [6, 6.07) is 8.26. The van der Waals surface area contributed by atoms with Gasteiger partial charge in [0.25, 0.3) is 0 Å². The molecule has 0 bridgehead atoms. The van der Waals surface area contributed by atoms with E-state index in [1.807, 2.05) is 31.2 Å². The number of rotatable bonds is 6. The van der Waals surface area contributed by atoms with Crippen molar-refractivity contribution in [3.05, 3.63) is 24.3 Å². The van der Waals surface area contributed by atoms with E-state index >= 15 is 0 Å². The number of nitrogens with zero attached hydrogens (tertiary/aromatic N) is 1. The van der Waals surface area contributed by atoms with Crippen molar-refractivity contribution >= 4 is 0 Å². The van der Waals surface area contributed by atoms with E-state index < -0.39 is 0 Å². The molecule has 1 aliphatic rings. The summed E-state index contributed by atoms with van der Waals surface area (Å²) in [7, 11) is 0. The van der Waals surface area contributed by atoms with Crippen molar-refractivity contribution in [2.75, 3.05) is 32.9 Å². The molecule has 2 atom stereocenters. The lowest BCUT2D eigenvalue weighted by molar-refractivity contribution is -0.0522. The van der Waals surface area contributed by atoms with Crippen LogP contribution in [0.4, 0.5) is 0 Å². The summed E-state index contributed by atoms with van der Waals surface area (Å²) in [5.41, 5.74) is 0. The molecule has 1 saturated heterocycles. The van der Waals surface area contributed by atoms with E-state index in [2.05, 4.69) is 18.7 Å². The zero-order valence-electron chi connectivity index (χ0n) is 12.7. The van der Waals surface area contributed by atoms with Gasteiger partial charge in [-0.2, -0.15) is 0 Å². The van der Waals surface area contributed by atoms with E-state index in [-0.39, 0.29) is 0 Å². The summed E-state index contributed by atoms with van der Waals surface area (Å²) < 4.78 is 16.8. The van der Waals surface area contributed by atoms with Crippen LogP contribution in [0.25, 0.3) is 0 Å². The fourth-order valence-corrected chi connectivity index (χ4v) is 2.36. The molecule has 0 radical (unpaired) electrons. The van der Waals surface area contributed by atoms with Crippen molar-refractivity contribution in [2.24, 2.45) is 0 Å². The molecule has 2 rings (SSSR count). The van der Waals surface area contributed by atoms with Gasteiger partial charge in [0.05, 0.1) is 19.3 Å². The minimum atomic E-state index is 0.316. The van der Waals surface area contributed by atoms with Crippen LogP contribution in [0.1, 0.15) is 20.8 Å². The average molecular weight is 279 g/mol. The second-order valence-electron chi connectivity index (χ2n) is 5.24. The summed E-state index contributed by atoms with van der Waals surface area (Å²) >= 11 is 0. The molecule has 0 aliphatic carbocycles. The Morgan fingerprint density at radius 1 is 1.15 bits per heavy atom. The minimum Gasteiger partial charge on any atom is -0.494 e. The van der Waals surface area contributed by atoms with Gasteiger partial charge < -0.3 is 14.2 Å². The zero-order chi connectivity index (χ0) is 14.4. The molecule has 0 amide bonds. The van der Waals surface area contributed by atoms with E-state index in [0.29, 0.717) is 25.4 Å². The van der Waals surface area contributed by atoms with Crippen molar-refractivity contribution in [3.63, 3.8) is 0 Å². The lowest BCUT2D eigenvalue weighted by Crippen LogP contribution is -2.48. The smallest absolute Gasteiger partial charge is 0.119 e. The van der Waals surface area contributed by atoms with Crippen LogP contribution in [0.2, 0.25) is 0 Å². The number of hydrogen-bond donors (Lipinski definition) is 0. The van der Waals surface area contributed by atoms with E-state index in [4.69, 9.17) is 14.2 Å². The topological polar surface area (TPSA) is 30.9 Å². The first-order valence-corrected chi connectivity index (χ1v) is 7.40. The Morgan fingerprint density at radius 3 is 2.45 bits per heavy atom. The maximum atomic E-state index is 5.79. The number of benzene rings is 1. The molecule has 0 spiro atoms. The number of ether oxygens (including phenoxy) is 3. The summed E-state index contributed by atoms with van der Waals surface area (Å²) in [5.74, 6) is 1.78. The Hall–Kier alpha value is -1.26. The molecule has 1 heterocycles. The lowest BCUT2D eigenvalue weighted by atomic mass is 10.2. The third kappa shape index (κ3) is 4.39. The van der Waals surface area contributed by atoms with Gasteiger partial charge in [-0.3, -0.25) is 4.90 Å². The molecule has 20 heavy (non-hydrogen) atoms. The summed E-state index contributed by atoms with van der Waals surface area (Å²) in [4.78, 5) is 2.42. The van der Waals surface area contributed by atoms with E-state index in [9.17, 15) is 0 Å². The van der Waals surface area contributed by atoms with Crippen LogP contribution < -0.4 is 9.47 Å². The fourth-order valence-electron chi connectivity index (χ4n) is 2.36. The highest BCUT2D eigenvalue weighted by Gasteiger charge is 2.22. The van der Waals surface area contributed by atoms with E-state index in [1.54, 1.807) is 0 Å². The molecule has 112 valence electrons. The molecular formula is C16H25NO3. The molecule has 0 N–H and O–H groups in total. The van der Waals surface area contributed by atoms with Gasteiger partial charge in [-0.15, -0.1) is 0 Å². The Balaban J connectivity index is 1.74. The zero-order valence-corrected chi connectivity index (χ0v) is 12.7. The van der Waals surface area contributed by atoms with Gasteiger partial charge in [-0.05, 0) is 45.0 Å². The van der Waals surface area contributed by atoms with E-state index in [0.717, 1.165) is 31.2 Å².